The van der Waals surface area contributed by atoms with Gasteiger partial charge >= 0.3 is 0 Å². The van der Waals surface area contributed by atoms with Crippen molar-refractivity contribution < 1.29 is 0 Å². The maximum Gasteiger partial charge on any atom is 0.110 e. The number of aromatic nitrogens is 3. The lowest BCUT2D eigenvalue weighted by atomic mass is 10.1. The second-order valence-electron chi connectivity index (χ2n) is 4.67. The molecular formula is C14H21N5. The lowest BCUT2D eigenvalue weighted by molar-refractivity contribution is 0.494. The third kappa shape index (κ3) is 3.87. The molecule has 0 radical (unpaired) electrons. The molecule has 2 heterocycles. The first kappa shape index (κ1) is 13.7. The molecule has 0 spiro atoms. The highest BCUT2D eigenvalue weighted by atomic mass is 15.2. The van der Waals surface area contributed by atoms with Gasteiger partial charge in [0, 0.05) is 43.8 Å². The van der Waals surface area contributed by atoms with Crippen molar-refractivity contribution in [1.82, 2.24) is 20.0 Å². The fourth-order valence-corrected chi connectivity index (χ4v) is 2.19. The van der Waals surface area contributed by atoms with E-state index in [-0.39, 0.29) is 6.04 Å². The van der Waals surface area contributed by atoms with Crippen molar-refractivity contribution in [2.75, 3.05) is 0 Å². The van der Waals surface area contributed by atoms with Crippen molar-refractivity contribution in [3.63, 3.8) is 0 Å². The quantitative estimate of drug-likeness (QED) is 0.581. The van der Waals surface area contributed by atoms with Crippen LogP contribution in [0.15, 0.2) is 36.9 Å². The van der Waals surface area contributed by atoms with Gasteiger partial charge in [0.1, 0.15) is 5.82 Å². The van der Waals surface area contributed by atoms with Gasteiger partial charge in [-0.25, -0.2) is 4.98 Å². The van der Waals surface area contributed by atoms with Crippen molar-refractivity contribution >= 4 is 0 Å². The van der Waals surface area contributed by atoms with Crippen molar-refractivity contribution in [2.24, 2.45) is 5.84 Å². The summed E-state index contributed by atoms with van der Waals surface area (Å²) in [5.74, 6) is 6.73. The summed E-state index contributed by atoms with van der Waals surface area (Å²) in [6.07, 6.45) is 10.3. The van der Waals surface area contributed by atoms with E-state index >= 15 is 0 Å². The van der Waals surface area contributed by atoms with Gasteiger partial charge in [-0.15, -0.1) is 0 Å². The molecular weight excluding hydrogens is 238 g/mol. The van der Waals surface area contributed by atoms with Crippen molar-refractivity contribution in [2.45, 2.75) is 38.8 Å². The van der Waals surface area contributed by atoms with Crippen LogP contribution in [0.4, 0.5) is 0 Å². The summed E-state index contributed by atoms with van der Waals surface area (Å²) in [6, 6.07) is 4.18. The van der Waals surface area contributed by atoms with Gasteiger partial charge in [0.05, 0.1) is 0 Å². The number of hydrogen-bond acceptors (Lipinski definition) is 4. The molecule has 5 nitrogen and oxygen atoms in total. The summed E-state index contributed by atoms with van der Waals surface area (Å²) in [5, 5.41) is 0. The SMILES string of the molecule is CCCn1ccnc1CC(Cc1cccnc1)NN. The van der Waals surface area contributed by atoms with Crippen LogP contribution >= 0.6 is 0 Å². The van der Waals surface area contributed by atoms with E-state index in [4.69, 9.17) is 5.84 Å². The largest absolute Gasteiger partial charge is 0.335 e. The first-order valence-corrected chi connectivity index (χ1v) is 6.68. The maximum atomic E-state index is 5.65. The zero-order valence-electron chi connectivity index (χ0n) is 11.3. The highest BCUT2D eigenvalue weighted by Gasteiger charge is 2.12. The van der Waals surface area contributed by atoms with Crippen LogP contribution in [-0.4, -0.2) is 20.6 Å². The number of hydrazine groups is 1. The highest BCUT2D eigenvalue weighted by Crippen LogP contribution is 2.07. The first-order chi connectivity index (χ1) is 9.33. The fourth-order valence-electron chi connectivity index (χ4n) is 2.19. The number of nitrogens with two attached hydrogens (primary N) is 1. The zero-order chi connectivity index (χ0) is 13.5. The van der Waals surface area contributed by atoms with Crippen molar-refractivity contribution in [1.29, 1.82) is 0 Å². The summed E-state index contributed by atoms with van der Waals surface area (Å²) >= 11 is 0. The molecule has 2 aromatic heterocycles. The summed E-state index contributed by atoms with van der Waals surface area (Å²) in [7, 11) is 0. The predicted molar refractivity (Wildman–Crippen MR) is 75.3 cm³/mol. The van der Waals surface area contributed by atoms with Gasteiger partial charge < -0.3 is 4.57 Å². The van der Waals surface area contributed by atoms with Gasteiger partial charge in [0.15, 0.2) is 0 Å². The number of nitrogens with one attached hydrogen (secondary N) is 1. The third-order valence-corrected chi connectivity index (χ3v) is 3.14. The van der Waals surface area contributed by atoms with Gasteiger partial charge in [-0.05, 0) is 24.5 Å². The van der Waals surface area contributed by atoms with Crippen LogP contribution in [0, 0.1) is 0 Å². The van der Waals surface area contributed by atoms with Crippen molar-refractivity contribution in [3.8, 4) is 0 Å². The Balaban J connectivity index is 2.00. The normalized spacial score (nSPS) is 12.5. The molecule has 102 valence electrons. The molecule has 5 heteroatoms. The molecule has 0 saturated carbocycles. The van der Waals surface area contributed by atoms with E-state index in [1.165, 1.54) is 5.56 Å². The zero-order valence-corrected chi connectivity index (χ0v) is 11.3. The lowest BCUT2D eigenvalue weighted by Gasteiger charge is -2.16. The standard InChI is InChI=1S/C14H21N5/c1-2-7-19-8-6-17-14(19)10-13(18-15)9-12-4-3-5-16-11-12/h3-6,8,11,13,18H,2,7,9-10,15H2,1H3. The second kappa shape index (κ2) is 7.01. The maximum absolute atomic E-state index is 5.65. The Labute approximate surface area is 113 Å². The molecule has 0 aromatic carbocycles. The number of imidazole rings is 1. The first-order valence-electron chi connectivity index (χ1n) is 6.68. The average molecular weight is 259 g/mol. The van der Waals surface area contributed by atoms with Crippen LogP contribution in [0.3, 0.4) is 0 Å². The number of pyridine rings is 1. The Morgan fingerprint density at radius 1 is 1.37 bits per heavy atom. The van der Waals surface area contributed by atoms with Crippen LogP contribution in [-0.2, 0) is 19.4 Å². The van der Waals surface area contributed by atoms with E-state index < -0.39 is 0 Å². The van der Waals surface area contributed by atoms with Gasteiger partial charge in [-0.3, -0.25) is 16.3 Å². The number of hydrogen-bond donors (Lipinski definition) is 2. The van der Waals surface area contributed by atoms with Crippen LogP contribution < -0.4 is 11.3 Å². The predicted octanol–water partition coefficient (Wildman–Crippen LogP) is 1.31. The highest BCUT2D eigenvalue weighted by molar-refractivity contribution is 5.11. The van der Waals surface area contributed by atoms with Crippen LogP contribution in [0.5, 0.6) is 0 Å². The Morgan fingerprint density at radius 3 is 2.95 bits per heavy atom. The number of nitrogens with zero attached hydrogens (tertiary/aromatic N) is 3. The fraction of sp³-hybridized carbons (Fsp3) is 0.429. The van der Waals surface area contributed by atoms with E-state index in [1.807, 2.05) is 24.7 Å². The Hall–Kier alpha value is -1.72. The van der Waals surface area contributed by atoms with E-state index in [0.29, 0.717) is 0 Å². The van der Waals surface area contributed by atoms with Gasteiger partial charge in [-0.2, -0.15) is 0 Å². The third-order valence-electron chi connectivity index (χ3n) is 3.14. The van der Waals surface area contributed by atoms with Gasteiger partial charge in [0.2, 0.25) is 0 Å². The minimum absolute atomic E-state index is 0.169. The molecule has 1 atom stereocenters. The molecule has 0 amide bonds. The molecule has 2 rings (SSSR count). The monoisotopic (exact) mass is 259 g/mol. The van der Waals surface area contributed by atoms with Crippen LogP contribution in [0.1, 0.15) is 24.7 Å². The van der Waals surface area contributed by atoms with Gasteiger partial charge in [-0.1, -0.05) is 13.0 Å². The Bertz CT molecular complexity index is 480. The Morgan fingerprint density at radius 2 is 2.26 bits per heavy atom. The van der Waals surface area contributed by atoms with E-state index in [1.54, 1.807) is 6.20 Å². The Kier molecular flexibility index (Phi) is 5.06. The molecule has 3 N–H and O–H groups in total. The number of aryl methyl sites for hydroxylation is 1. The molecule has 0 aliphatic rings. The topological polar surface area (TPSA) is 68.8 Å². The second-order valence-corrected chi connectivity index (χ2v) is 4.67. The van der Waals surface area contributed by atoms with E-state index in [9.17, 15) is 0 Å². The molecule has 19 heavy (non-hydrogen) atoms. The smallest absolute Gasteiger partial charge is 0.110 e. The summed E-state index contributed by atoms with van der Waals surface area (Å²) < 4.78 is 2.19. The van der Waals surface area contributed by atoms with Gasteiger partial charge in [0.25, 0.3) is 0 Å². The summed E-state index contributed by atoms with van der Waals surface area (Å²) in [6.45, 7) is 3.16. The van der Waals surface area contributed by atoms with Crippen LogP contribution in [0.2, 0.25) is 0 Å². The molecule has 2 aromatic rings. The number of rotatable bonds is 7. The molecule has 0 saturated heterocycles. The van der Waals surface area contributed by atoms with E-state index in [0.717, 1.165) is 31.6 Å². The lowest BCUT2D eigenvalue weighted by Crippen LogP contribution is -2.39. The molecule has 0 aliphatic carbocycles. The van der Waals surface area contributed by atoms with Crippen molar-refractivity contribution in [3.05, 3.63) is 48.3 Å². The molecule has 0 fully saturated rings. The summed E-state index contributed by atoms with van der Waals surface area (Å²) in [5.41, 5.74) is 4.06. The molecule has 0 aliphatic heterocycles. The van der Waals surface area contributed by atoms with Crippen LogP contribution in [0.25, 0.3) is 0 Å². The minimum atomic E-state index is 0.169. The average Bonchev–Trinajstić information content (AvgIpc) is 2.87. The van der Waals surface area contributed by atoms with E-state index in [2.05, 4.69) is 33.0 Å². The molecule has 1 unspecified atom stereocenters. The molecule has 0 bridgehead atoms. The minimum Gasteiger partial charge on any atom is -0.335 e. The summed E-state index contributed by atoms with van der Waals surface area (Å²) in [4.78, 5) is 8.54.